The van der Waals surface area contributed by atoms with Gasteiger partial charge in [-0.25, -0.2) is 4.98 Å². The molecule has 0 radical (unpaired) electrons. The third-order valence-corrected chi connectivity index (χ3v) is 5.38. The molecule has 26 heavy (non-hydrogen) atoms. The lowest BCUT2D eigenvalue weighted by atomic mass is 10.00. The van der Waals surface area contributed by atoms with Gasteiger partial charge in [-0.3, -0.25) is 9.69 Å². The number of carbonyl (C=O) groups excluding carboxylic acids is 1. The zero-order chi connectivity index (χ0) is 17.8. The van der Waals surface area contributed by atoms with Crippen LogP contribution in [0.15, 0.2) is 43.0 Å². The van der Waals surface area contributed by atoms with Crippen LogP contribution in [0.3, 0.4) is 0 Å². The van der Waals surface area contributed by atoms with Gasteiger partial charge in [0.05, 0.1) is 19.5 Å². The summed E-state index contributed by atoms with van der Waals surface area (Å²) in [5.41, 5.74) is 1.78. The van der Waals surface area contributed by atoms with Crippen molar-refractivity contribution in [3.8, 4) is 5.69 Å². The fourth-order valence-electron chi connectivity index (χ4n) is 3.89. The number of hydrogen-bond acceptors (Lipinski definition) is 4. The molecule has 0 aliphatic carbocycles. The second kappa shape index (κ2) is 8.01. The summed E-state index contributed by atoms with van der Waals surface area (Å²) in [4.78, 5) is 21.7. The summed E-state index contributed by atoms with van der Waals surface area (Å²) in [5, 5.41) is 0. The zero-order valence-corrected chi connectivity index (χ0v) is 15.1. The highest BCUT2D eigenvalue weighted by molar-refractivity contribution is 5.94. The summed E-state index contributed by atoms with van der Waals surface area (Å²) in [6.07, 6.45) is 8.82. The molecule has 2 fully saturated rings. The number of amides is 1. The van der Waals surface area contributed by atoms with Gasteiger partial charge in [0, 0.05) is 55.9 Å². The largest absolute Gasteiger partial charge is 0.379 e. The Bertz CT molecular complexity index is 708. The van der Waals surface area contributed by atoms with Gasteiger partial charge in [0.25, 0.3) is 5.91 Å². The van der Waals surface area contributed by atoms with Crippen molar-refractivity contribution in [1.29, 1.82) is 0 Å². The number of aromatic nitrogens is 2. The normalized spacial score (nSPS) is 21.7. The Morgan fingerprint density at radius 3 is 2.65 bits per heavy atom. The van der Waals surface area contributed by atoms with Crippen LogP contribution >= 0.6 is 0 Å². The highest BCUT2D eigenvalue weighted by atomic mass is 16.5. The van der Waals surface area contributed by atoms with E-state index in [2.05, 4.69) is 14.8 Å². The average Bonchev–Trinajstić information content (AvgIpc) is 3.24. The number of benzene rings is 1. The average molecular weight is 354 g/mol. The number of carbonyl (C=O) groups is 1. The van der Waals surface area contributed by atoms with Crippen molar-refractivity contribution in [2.75, 3.05) is 39.4 Å². The van der Waals surface area contributed by atoms with Crippen molar-refractivity contribution in [3.63, 3.8) is 0 Å². The lowest BCUT2D eigenvalue weighted by molar-refractivity contribution is 0.0166. The Balaban J connectivity index is 1.46. The summed E-state index contributed by atoms with van der Waals surface area (Å²) in [7, 11) is 0. The molecule has 4 rings (SSSR count). The Morgan fingerprint density at radius 1 is 1.12 bits per heavy atom. The number of piperidine rings is 1. The molecule has 6 nitrogen and oxygen atoms in total. The molecule has 2 saturated heterocycles. The molecule has 1 atom stereocenters. The van der Waals surface area contributed by atoms with E-state index in [1.807, 2.05) is 35.0 Å². The van der Waals surface area contributed by atoms with Crippen LogP contribution in [0.2, 0.25) is 0 Å². The van der Waals surface area contributed by atoms with Gasteiger partial charge >= 0.3 is 0 Å². The molecule has 2 aromatic rings. The Morgan fingerprint density at radius 2 is 1.92 bits per heavy atom. The Kier molecular flexibility index (Phi) is 5.32. The van der Waals surface area contributed by atoms with E-state index < -0.39 is 0 Å². The van der Waals surface area contributed by atoms with Gasteiger partial charge in [-0.1, -0.05) is 0 Å². The number of nitrogens with zero attached hydrogens (tertiary/aromatic N) is 4. The van der Waals surface area contributed by atoms with E-state index in [0.29, 0.717) is 6.04 Å². The standard InChI is InChI=1S/C20H26N4O2/c25-20(17-4-6-18(7-5-17)23-10-8-21-16-23)24-9-2-1-3-19(24)15-22-11-13-26-14-12-22/h4-8,10,16,19H,1-3,9,11-15H2. The third-order valence-electron chi connectivity index (χ3n) is 5.38. The zero-order valence-electron chi connectivity index (χ0n) is 15.1. The van der Waals surface area contributed by atoms with E-state index >= 15 is 0 Å². The van der Waals surface area contributed by atoms with E-state index in [1.165, 1.54) is 6.42 Å². The molecular weight excluding hydrogens is 328 g/mol. The minimum Gasteiger partial charge on any atom is -0.379 e. The number of ether oxygens (including phenoxy) is 1. The lowest BCUT2D eigenvalue weighted by Gasteiger charge is -2.39. The summed E-state index contributed by atoms with van der Waals surface area (Å²) < 4.78 is 7.39. The molecular formula is C20H26N4O2. The molecule has 0 spiro atoms. The van der Waals surface area contributed by atoms with E-state index in [1.54, 1.807) is 12.5 Å². The topological polar surface area (TPSA) is 50.6 Å². The molecule has 6 heteroatoms. The highest BCUT2D eigenvalue weighted by Crippen LogP contribution is 2.21. The summed E-state index contributed by atoms with van der Waals surface area (Å²) in [6.45, 7) is 5.36. The fourth-order valence-corrected chi connectivity index (χ4v) is 3.89. The quantitative estimate of drug-likeness (QED) is 0.845. The molecule has 0 saturated carbocycles. The molecule has 2 aliphatic rings. The molecule has 0 N–H and O–H groups in total. The first kappa shape index (κ1) is 17.2. The number of likely N-dealkylation sites (tertiary alicyclic amines) is 1. The van der Waals surface area contributed by atoms with Crippen LogP contribution in [0.1, 0.15) is 29.6 Å². The van der Waals surface area contributed by atoms with Gasteiger partial charge in [-0.15, -0.1) is 0 Å². The molecule has 138 valence electrons. The summed E-state index contributed by atoms with van der Waals surface area (Å²) in [5.74, 6) is 0.153. The second-order valence-corrected chi connectivity index (χ2v) is 7.08. The van der Waals surface area contributed by atoms with Crippen molar-refractivity contribution >= 4 is 5.91 Å². The van der Waals surface area contributed by atoms with Gasteiger partial charge in [0.2, 0.25) is 0 Å². The first-order valence-corrected chi connectivity index (χ1v) is 9.51. The van der Waals surface area contributed by atoms with E-state index in [0.717, 1.165) is 63.5 Å². The van der Waals surface area contributed by atoms with Gasteiger partial charge in [0.15, 0.2) is 0 Å². The van der Waals surface area contributed by atoms with E-state index in [4.69, 9.17) is 4.74 Å². The maximum absolute atomic E-state index is 13.1. The van der Waals surface area contributed by atoms with Gasteiger partial charge < -0.3 is 14.2 Å². The van der Waals surface area contributed by atoms with Crippen LogP contribution in [0.4, 0.5) is 0 Å². The first-order valence-electron chi connectivity index (χ1n) is 9.51. The van der Waals surface area contributed by atoms with Crippen LogP contribution < -0.4 is 0 Å². The van der Waals surface area contributed by atoms with E-state index in [9.17, 15) is 4.79 Å². The first-order chi connectivity index (χ1) is 12.8. The predicted octanol–water partition coefficient (Wildman–Crippen LogP) is 2.20. The van der Waals surface area contributed by atoms with Crippen molar-refractivity contribution in [2.45, 2.75) is 25.3 Å². The minimum absolute atomic E-state index is 0.153. The van der Waals surface area contributed by atoms with Crippen LogP contribution in [0.5, 0.6) is 0 Å². The van der Waals surface area contributed by atoms with Crippen LogP contribution in [-0.2, 0) is 4.74 Å². The Hall–Kier alpha value is -2.18. The molecule has 3 heterocycles. The van der Waals surface area contributed by atoms with Gasteiger partial charge in [-0.05, 0) is 43.5 Å². The lowest BCUT2D eigenvalue weighted by Crippen LogP contribution is -2.51. The van der Waals surface area contributed by atoms with Crippen molar-refractivity contribution < 1.29 is 9.53 Å². The number of rotatable bonds is 4. The molecule has 1 aromatic carbocycles. The van der Waals surface area contributed by atoms with Crippen molar-refractivity contribution in [3.05, 3.63) is 48.5 Å². The minimum atomic E-state index is 0.153. The van der Waals surface area contributed by atoms with Gasteiger partial charge in [-0.2, -0.15) is 0 Å². The molecule has 1 unspecified atom stereocenters. The SMILES string of the molecule is O=C(c1ccc(-n2ccnc2)cc1)N1CCCCC1CN1CCOCC1. The molecule has 0 bridgehead atoms. The third kappa shape index (κ3) is 3.81. The molecule has 1 amide bonds. The van der Waals surface area contributed by atoms with Crippen LogP contribution in [0, 0.1) is 0 Å². The number of imidazole rings is 1. The Labute approximate surface area is 154 Å². The summed E-state index contributed by atoms with van der Waals surface area (Å²) >= 11 is 0. The summed E-state index contributed by atoms with van der Waals surface area (Å²) in [6, 6.07) is 8.13. The predicted molar refractivity (Wildman–Crippen MR) is 99.5 cm³/mol. The van der Waals surface area contributed by atoms with E-state index in [-0.39, 0.29) is 5.91 Å². The van der Waals surface area contributed by atoms with Crippen LogP contribution in [-0.4, -0.2) is 70.7 Å². The highest BCUT2D eigenvalue weighted by Gasteiger charge is 2.29. The number of morpholine rings is 1. The van der Waals surface area contributed by atoms with Crippen LogP contribution in [0.25, 0.3) is 5.69 Å². The maximum atomic E-state index is 13.1. The molecule has 1 aromatic heterocycles. The monoisotopic (exact) mass is 354 g/mol. The van der Waals surface area contributed by atoms with Gasteiger partial charge in [0.1, 0.15) is 0 Å². The van der Waals surface area contributed by atoms with Crippen molar-refractivity contribution in [1.82, 2.24) is 19.4 Å². The maximum Gasteiger partial charge on any atom is 0.254 e. The fraction of sp³-hybridized carbons (Fsp3) is 0.500. The number of hydrogen-bond donors (Lipinski definition) is 0. The molecule has 2 aliphatic heterocycles. The van der Waals surface area contributed by atoms with Crippen molar-refractivity contribution in [2.24, 2.45) is 0 Å². The smallest absolute Gasteiger partial charge is 0.254 e. The second-order valence-electron chi connectivity index (χ2n) is 7.08.